The van der Waals surface area contributed by atoms with Crippen molar-refractivity contribution in [3.8, 4) is 42.4 Å². The average molecular weight is 1240 g/mol. The normalized spacial score (nSPS) is 13.8. The van der Waals surface area contributed by atoms with Gasteiger partial charge in [0.2, 0.25) is 0 Å². The maximum atomic E-state index is 5.47. The van der Waals surface area contributed by atoms with Crippen LogP contribution in [0.1, 0.15) is 343 Å². The molecular formula is C78H114N4S4. The van der Waals surface area contributed by atoms with Gasteiger partial charge in [0.15, 0.2) is 0 Å². The fraction of sp³-hybridized carbons (Fsp3) is 0.667. The number of hydrogen-bond donors (Lipinski definition) is 0. The minimum Gasteiger partial charge on any atom is -0.173 e. The molecule has 0 atom stereocenters. The van der Waals surface area contributed by atoms with Crippen molar-refractivity contribution >= 4 is 68.2 Å². The summed E-state index contributed by atoms with van der Waals surface area (Å²) in [6.45, 7) is 13.9. The van der Waals surface area contributed by atoms with Crippen molar-refractivity contribution in [1.29, 1.82) is 0 Å². The van der Waals surface area contributed by atoms with Crippen LogP contribution in [0.25, 0.3) is 64.5 Å². The van der Waals surface area contributed by atoms with Gasteiger partial charge in [-0.15, -0.1) is 22.7 Å². The monoisotopic (exact) mass is 1230 g/mol. The van der Waals surface area contributed by atoms with Crippen molar-refractivity contribution in [3.63, 3.8) is 0 Å². The van der Waals surface area contributed by atoms with Crippen LogP contribution in [0.15, 0.2) is 48.5 Å². The third kappa shape index (κ3) is 16.8. The van der Waals surface area contributed by atoms with Gasteiger partial charge in [-0.2, -0.15) is 17.5 Å². The van der Waals surface area contributed by atoms with E-state index < -0.39 is 0 Å². The molecule has 470 valence electrons. The van der Waals surface area contributed by atoms with Crippen molar-refractivity contribution in [2.24, 2.45) is 0 Å². The van der Waals surface area contributed by atoms with Crippen LogP contribution in [0, 0.1) is 13.8 Å². The van der Waals surface area contributed by atoms with Gasteiger partial charge in [-0.3, -0.25) is 0 Å². The topological polar surface area (TPSA) is 51.6 Å². The highest BCUT2D eigenvalue weighted by Gasteiger charge is 2.50. The number of aryl methyl sites for hydroxylation is 2. The van der Waals surface area contributed by atoms with Crippen LogP contribution in [-0.4, -0.2) is 17.5 Å². The van der Waals surface area contributed by atoms with Gasteiger partial charge < -0.3 is 0 Å². The molecule has 86 heavy (non-hydrogen) atoms. The Bertz CT molecular complexity index is 3050. The molecule has 4 heterocycles. The van der Waals surface area contributed by atoms with Crippen LogP contribution in [0.2, 0.25) is 0 Å². The third-order valence-electron chi connectivity index (χ3n) is 20.7. The van der Waals surface area contributed by atoms with Crippen molar-refractivity contribution in [2.45, 2.75) is 335 Å². The Morgan fingerprint density at radius 3 is 0.977 bits per heavy atom. The zero-order valence-electron chi connectivity index (χ0n) is 55.2. The largest absolute Gasteiger partial charge is 0.173 e. The number of rotatable bonds is 46. The van der Waals surface area contributed by atoms with Crippen molar-refractivity contribution < 1.29 is 0 Å². The number of thiophene rings is 2. The molecule has 3 aromatic carbocycles. The van der Waals surface area contributed by atoms with E-state index in [0.29, 0.717) is 0 Å². The van der Waals surface area contributed by atoms with Gasteiger partial charge >= 0.3 is 0 Å². The maximum Gasteiger partial charge on any atom is 0.114 e. The predicted molar refractivity (Wildman–Crippen MR) is 383 cm³/mol. The first-order chi connectivity index (χ1) is 42.4. The smallest absolute Gasteiger partial charge is 0.114 e. The molecule has 4 aromatic heterocycles. The number of hydrogen-bond acceptors (Lipinski definition) is 8. The van der Waals surface area contributed by atoms with Gasteiger partial charge in [0.1, 0.15) is 22.1 Å². The summed E-state index contributed by atoms with van der Waals surface area (Å²) in [5, 5.41) is 0. The molecule has 0 unspecified atom stereocenters. The summed E-state index contributed by atoms with van der Waals surface area (Å²) in [6.07, 6.45) is 59.2. The Kier molecular flexibility index (Phi) is 27.6. The highest BCUT2D eigenvalue weighted by molar-refractivity contribution is 7.24. The lowest BCUT2D eigenvalue weighted by molar-refractivity contribution is 0.393. The second-order valence-corrected chi connectivity index (χ2v) is 30.7. The lowest BCUT2D eigenvalue weighted by atomic mass is 9.68. The predicted octanol–water partition coefficient (Wildman–Crippen LogP) is 27.5. The number of nitrogens with zero attached hydrogens (tertiary/aromatic N) is 4. The number of fused-ring (bicyclic) bond motifs is 10. The molecule has 8 heteroatoms. The van der Waals surface area contributed by atoms with Gasteiger partial charge in [0.05, 0.1) is 23.5 Å². The van der Waals surface area contributed by atoms with E-state index in [2.05, 4.69) is 90.1 Å². The molecule has 0 bridgehead atoms. The molecule has 0 N–H and O–H groups in total. The van der Waals surface area contributed by atoms with Crippen LogP contribution in [0.5, 0.6) is 0 Å². The van der Waals surface area contributed by atoms with E-state index in [-0.39, 0.29) is 10.8 Å². The fourth-order valence-electron chi connectivity index (χ4n) is 15.8. The Morgan fingerprint density at radius 2 is 0.593 bits per heavy atom. The second-order valence-electron chi connectivity index (χ2n) is 27.3. The van der Waals surface area contributed by atoms with E-state index >= 15 is 0 Å². The van der Waals surface area contributed by atoms with E-state index in [9.17, 15) is 0 Å². The SMILES string of the molecule is CCCCCCCCCCCCC1(CCCCCCCCCCCC)c2cc3c(cc2-c2c1cc(C)c1nsnc21)C(CCCCCCCCCCCC)(CCCCCCCCCCCC)c1cc(-c2ccc(-c4ccc(C)s4)s2)c2nsnc2c1-3. The summed E-state index contributed by atoms with van der Waals surface area (Å²) in [6, 6.07) is 20.4. The van der Waals surface area contributed by atoms with E-state index in [1.807, 2.05) is 22.7 Å². The van der Waals surface area contributed by atoms with Crippen LogP contribution in [0.3, 0.4) is 0 Å². The van der Waals surface area contributed by atoms with E-state index in [0.717, 1.165) is 22.1 Å². The summed E-state index contributed by atoms with van der Waals surface area (Å²) < 4.78 is 21.2. The molecule has 0 aliphatic heterocycles. The van der Waals surface area contributed by atoms with Gasteiger partial charge in [-0.05, 0) is 121 Å². The fourth-order valence-corrected chi connectivity index (χ4v) is 18.9. The van der Waals surface area contributed by atoms with Gasteiger partial charge in [-0.25, -0.2) is 0 Å². The van der Waals surface area contributed by atoms with Crippen molar-refractivity contribution in [2.75, 3.05) is 0 Å². The molecule has 0 amide bonds. The van der Waals surface area contributed by atoms with Crippen LogP contribution < -0.4 is 0 Å². The lowest BCUT2D eigenvalue weighted by Crippen LogP contribution is -2.27. The van der Waals surface area contributed by atoms with E-state index in [4.69, 9.17) is 17.5 Å². The lowest BCUT2D eigenvalue weighted by Gasteiger charge is -2.35. The standard InChI is InChI=1S/C78H114N4S4/c1-7-11-15-19-23-27-31-35-39-43-51-77(52-44-40-36-32-28-24-20-16-12-8-2)64-57-62-65(56-61(64)71-66(77)55-59(5)73-75(71)81-85-79-73)78(53-45-41-37-33-29-25-21-17-13-9-3,54-46-42-38-34-30-26-22-18-14-10-4)67-58-63(74-76(72(62)67)82-86-80-74)68-49-50-70(84-68)69-48-47-60(6)83-69/h47-50,55-58H,7-46,51-54H2,1-6H3. The molecular weight excluding hydrogens is 1120 g/mol. The van der Waals surface area contributed by atoms with Gasteiger partial charge in [0, 0.05) is 47.0 Å². The summed E-state index contributed by atoms with van der Waals surface area (Å²) >= 11 is 6.74. The molecule has 0 radical (unpaired) electrons. The van der Waals surface area contributed by atoms with Crippen molar-refractivity contribution in [1.82, 2.24) is 17.5 Å². The Hall–Kier alpha value is -3.30. The zero-order chi connectivity index (χ0) is 59.8. The summed E-state index contributed by atoms with van der Waals surface area (Å²) in [7, 11) is 0. The molecule has 4 nitrogen and oxygen atoms in total. The first kappa shape index (κ1) is 67.1. The molecule has 0 saturated heterocycles. The molecule has 0 saturated carbocycles. The summed E-state index contributed by atoms with van der Waals surface area (Å²) in [5.74, 6) is 0. The highest BCUT2D eigenvalue weighted by Crippen LogP contribution is 2.63. The number of aromatic nitrogens is 4. The van der Waals surface area contributed by atoms with E-state index in [1.165, 1.54) is 359 Å². The first-order valence-corrected chi connectivity index (χ1v) is 39.4. The highest BCUT2D eigenvalue weighted by atomic mass is 32.1. The number of unbranched alkanes of at least 4 members (excludes halogenated alkanes) is 36. The van der Waals surface area contributed by atoms with E-state index in [1.54, 1.807) is 22.3 Å². The minimum atomic E-state index is -0.125. The zero-order valence-corrected chi connectivity index (χ0v) is 58.4. The second kappa shape index (κ2) is 35.3. The van der Waals surface area contributed by atoms with Crippen LogP contribution in [0.4, 0.5) is 0 Å². The Labute approximate surface area is 540 Å². The molecule has 2 aliphatic rings. The molecule has 0 spiro atoms. The molecule has 2 aliphatic carbocycles. The Balaban J connectivity index is 1.14. The molecule has 0 fully saturated rings. The maximum absolute atomic E-state index is 5.47. The third-order valence-corrected chi connectivity index (χ3v) is 24.1. The van der Waals surface area contributed by atoms with Crippen LogP contribution in [-0.2, 0) is 10.8 Å². The average Bonchev–Trinajstić information content (AvgIpc) is 1.53. The van der Waals surface area contributed by atoms with Crippen molar-refractivity contribution in [3.05, 3.63) is 81.2 Å². The molecule has 9 rings (SSSR count). The minimum absolute atomic E-state index is 0.0754. The van der Waals surface area contributed by atoms with Gasteiger partial charge in [0.25, 0.3) is 0 Å². The summed E-state index contributed by atoms with van der Waals surface area (Å²) in [5.41, 5.74) is 19.0. The van der Waals surface area contributed by atoms with Crippen LogP contribution >= 0.6 is 46.1 Å². The number of benzene rings is 3. The van der Waals surface area contributed by atoms with Gasteiger partial charge in [-0.1, -0.05) is 291 Å². The molecule has 7 aromatic rings. The summed E-state index contributed by atoms with van der Waals surface area (Å²) in [4.78, 5) is 5.42. The Morgan fingerprint density at radius 1 is 0.291 bits per heavy atom. The quantitative estimate of drug-likeness (QED) is 0.0357. The first-order valence-electron chi connectivity index (χ1n) is 36.3.